The van der Waals surface area contributed by atoms with Crippen molar-refractivity contribution in [3.05, 3.63) is 95.5 Å². The second-order valence-electron chi connectivity index (χ2n) is 6.96. The topological polar surface area (TPSA) is 84.5 Å². The highest BCUT2D eigenvalue weighted by atomic mass is 35.5. The Kier molecular flexibility index (Phi) is 6.03. The third-order valence-corrected chi connectivity index (χ3v) is 6.48. The minimum absolute atomic E-state index is 0.0729. The van der Waals surface area contributed by atoms with E-state index in [-0.39, 0.29) is 10.5 Å². The summed E-state index contributed by atoms with van der Waals surface area (Å²) in [6.07, 6.45) is 0. The Bertz CT molecular complexity index is 1400. The zero-order valence-corrected chi connectivity index (χ0v) is 18.6. The van der Waals surface area contributed by atoms with Crippen LogP contribution in [0.4, 0.5) is 11.4 Å². The molecule has 1 amide bonds. The van der Waals surface area contributed by atoms with Crippen LogP contribution in [-0.4, -0.2) is 21.4 Å². The second-order valence-corrected chi connectivity index (χ2v) is 9.07. The van der Waals surface area contributed by atoms with Crippen molar-refractivity contribution in [1.82, 2.24) is 0 Å². The zero-order chi connectivity index (χ0) is 22.7. The molecule has 0 radical (unpaired) electrons. The number of carbonyl (C=O) groups excluding carboxylic acids is 1. The predicted octanol–water partition coefficient (Wildman–Crippen LogP) is 5.55. The Morgan fingerprint density at radius 3 is 2.38 bits per heavy atom. The van der Waals surface area contributed by atoms with Crippen LogP contribution in [0.2, 0.25) is 5.02 Å². The number of sulfonamides is 1. The highest BCUT2D eigenvalue weighted by molar-refractivity contribution is 7.92. The molecular formula is C24H19ClN2O4S. The quantitative estimate of drug-likeness (QED) is 0.390. The predicted molar refractivity (Wildman–Crippen MR) is 127 cm³/mol. The van der Waals surface area contributed by atoms with Crippen LogP contribution in [0.3, 0.4) is 0 Å². The molecule has 0 saturated carbocycles. The van der Waals surface area contributed by atoms with Gasteiger partial charge < -0.3 is 10.1 Å². The number of ether oxygens (including phenoxy) is 1. The number of halogens is 1. The van der Waals surface area contributed by atoms with Crippen molar-refractivity contribution in [2.24, 2.45) is 0 Å². The van der Waals surface area contributed by atoms with E-state index >= 15 is 0 Å². The molecule has 2 N–H and O–H groups in total. The van der Waals surface area contributed by atoms with Crippen LogP contribution in [0.15, 0.2) is 89.8 Å². The van der Waals surface area contributed by atoms with Gasteiger partial charge in [-0.2, -0.15) is 0 Å². The van der Waals surface area contributed by atoms with Gasteiger partial charge in [-0.25, -0.2) is 8.42 Å². The summed E-state index contributed by atoms with van der Waals surface area (Å²) in [6, 6.07) is 23.6. The Balaban J connectivity index is 1.54. The first-order valence-electron chi connectivity index (χ1n) is 9.63. The molecular weight excluding hydrogens is 448 g/mol. The summed E-state index contributed by atoms with van der Waals surface area (Å²) < 4.78 is 33.6. The van der Waals surface area contributed by atoms with E-state index in [2.05, 4.69) is 10.0 Å². The van der Waals surface area contributed by atoms with Crippen LogP contribution in [-0.2, 0) is 10.0 Å². The van der Waals surface area contributed by atoms with Gasteiger partial charge in [-0.1, -0.05) is 48.0 Å². The number of fused-ring (bicyclic) bond motifs is 1. The molecule has 6 nitrogen and oxygen atoms in total. The van der Waals surface area contributed by atoms with Gasteiger partial charge in [0.25, 0.3) is 15.9 Å². The maximum atomic E-state index is 12.9. The van der Waals surface area contributed by atoms with Crippen LogP contribution < -0.4 is 14.8 Å². The Morgan fingerprint density at radius 2 is 1.62 bits per heavy atom. The van der Waals surface area contributed by atoms with Gasteiger partial charge in [0.2, 0.25) is 0 Å². The molecule has 0 heterocycles. The van der Waals surface area contributed by atoms with Crippen molar-refractivity contribution in [2.75, 3.05) is 17.1 Å². The minimum Gasteiger partial charge on any atom is -0.496 e. The Labute approximate surface area is 190 Å². The van der Waals surface area contributed by atoms with E-state index in [1.54, 1.807) is 24.3 Å². The van der Waals surface area contributed by atoms with Crippen molar-refractivity contribution in [2.45, 2.75) is 4.90 Å². The lowest BCUT2D eigenvalue weighted by atomic mass is 10.1. The summed E-state index contributed by atoms with van der Waals surface area (Å²) in [5.41, 5.74) is 1.20. The van der Waals surface area contributed by atoms with Crippen LogP contribution >= 0.6 is 11.6 Å². The van der Waals surface area contributed by atoms with Gasteiger partial charge in [-0.05, 0) is 53.9 Å². The molecule has 0 unspecified atom stereocenters. The van der Waals surface area contributed by atoms with Gasteiger partial charge in [0, 0.05) is 16.1 Å². The van der Waals surface area contributed by atoms with Gasteiger partial charge >= 0.3 is 0 Å². The number of carbonyl (C=O) groups is 1. The van der Waals surface area contributed by atoms with Crippen molar-refractivity contribution < 1.29 is 17.9 Å². The fraction of sp³-hybridized carbons (Fsp3) is 0.0417. The van der Waals surface area contributed by atoms with E-state index in [1.807, 2.05) is 30.3 Å². The summed E-state index contributed by atoms with van der Waals surface area (Å²) in [5, 5.41) is 4.86. The molecule has 0 spiro atoms. The van der Waals surface area contributed by atoms with Gasteiger partial charge in [0.15, 0.2) is 0 Å². The van der Waals surface area contributed by atoms with E-state index in [9.17, 15) is 13.2 Å². The molecule has 0 aliphatic heterocycles. The fourth-order valence-corrected chi connectivity index (χ4v) is 4.54. The normalized spacial score (nSPS) is 11.2. The molecule has 8 heteroatoms. The second kappa shape index (κ2) is 8.90. The minimum atomic E-state index is -3.82. The highest BCUT2D eigenvalue weighted by Gasteiger charge is 2.17. The van der Waals surface area contributed by atoms with E-state index in [4.69, 9.17) is 16.3 Å². The SMILES string of the molecule is COc1ccc(Cl)cc1C(=O)Nc1ccc(S(=O)(=O)Nc2cccc3ccccc23)cc1. The van der Waals surface area contributed by atoms with Crippen LogP contribution in [0.1, 0.15) is 10.4 Å². The largest absolute Gasteiger partial charge is 0.496 e. The monoisotopic (exact) mass is 466 g/mol. The molecule has 0 bridgehead atoms. The first-order valence-corrected chi connectivity index (χ1v) is 11.5. The molecule has 162 valence electrons. The van der Waals surface area contributed by atoms with Crippen molar-refractivity contribution in [1.29, 1.82) is 0 Å². The van der Waals surface area contributed by atoms with E-state index < -0.39 is 15.9 Å². The lowest BCUT2D eigenvalue weighted by Gasteiger charge is -2.12. The standard InChI is InChI=1S/C24H19ClN2O4S/c1-31-23-14-9-17(25)15-21(23)24(28)26-18-10-12-19(13-11-18)32(29,30)27-22-8-4-6-16-5-2-3-7-20(16)22/h2-15,27H,1H3,(H,26,28). The van der Waals surface area contributed by atoms with Crippen molar-refractivity contribution in [3.63, 3.8) is 0 Å². The third-order valence-electron chi connectivity index (χ3n) is 4.86. The number of hydrogen-bond donors (Lipinski definition) is 2. The maximum absolute atomic E-state index is 12.9. The molecule has 4 aromatic rings. The number of anilines is 2. The number of amides is 1. The fourth-order valence-electron chi connectivity index (χ4n) is 3.29. The van der Waals surface area contributed by atoms with Gasteiger partial charge in [0.1, 0.15) is 5.75 Å². The summed E-state index contributed by atoms with van der Waals surface area (Å²) >= 11 is 5.99. The number of benzene rings is 4. The maximum Gasteiger partial charge on any atom is 0.261 e. The van der Waals surface area contributed by atoms with Gasteiger partial charge in [0.05, 0.1) is 23.3 Å². The Morgan fingerprint density at radius 1 is 0.906 bits per heavy atom. The summed E-state index contributed by atoms with van der Waals surface area (Å²) in [5.74, 6) is -0.0424. The number of rotatable bonds is 6. The molecule has 0 atom stereocenters. The molecule has 0 fully saturated rings. The summed E-state index contributed by atoms with van der Waals surface area (Å²) in [6.45, 7) is 0. The zero-order valence-electron chi connectivity index (χ0n) is 17.0. The molecule has 0 aliphatic rings. The number of nitrogens with one attached hydrogen (secondary N) is 2. The molecule has 4 aromatic carbocycles. The average Bonchev–Trinajstić information content (AvgIpc) is 2.79. The summed E-state index contributed by atoms with van der Waals surface area (Å²) in [7, 11) is -2.36. The summed E-state index contributed by atoms with van der Waals surface area (Å²) in [4.78, 5) is 12.7. The van der Waals surface area contributed by atoms with E-state index in [0.29, 0.717) is 22.1 Å². The van der Waals surface area contributed by atoms with Gasteiger partial charge in [-0.3, -0.25) is 9.52 Å². The van der Waals surface area contributed by atoms with Crippen molar-refractivity contribution >= 4 is 49.7 Å². The Hall–Kier alpha value is -3.55. The van der Waals surface area contributed by atoms with E-state index in [0.717, 1.165) is 10.8 Å². The third kappa shape index (κ3) is 4.54. The molecule has 0 aromatic heterocycles. The molecule has 0 aliphatic carbocycles. The van der Waals surface area contributed by atoms with Crippen LogP contribution in [0.25, 0.3) is 10.8 Å². The lowest BCUT2D eigenvalue weighted by molar-refractivity contribution is 0.102. The first-order chi connectivity index (χ1) is 15.4. The lowest BCUT2D eigenvalue weighted by Crippen LogP contribution is -2.15. The number of methoxy groups -OCH3 is 1. The highest BCUT2D eigenvalue weighted by Crippen LogP contribution is 2.27. The van der Waals surface area contributed by atoms with Gasteiger partial charge in [-0.15, -0.1) is 0 Å². The van der Waals surface area contributed by atoms with Crippen LogP contribution in [0.5, 0.6) is 5.75 Å². The van der Waals surface area contributed by atoms with E-state index in [1.165, 1.54) is 37.4 Å². The average molecular weight is 467 g/mol. The molecule has 0 saturated heterocycles. The van der Waals surface area contributed by atoms with Crippen molar-refractivity contribution in [3.8, 4) is 5.75 Å². The van der Waals surface area contributed by atoms with Crippen LogP contribution in [0, 0.1) is 0 Å². The molecule has 4 rings (SSSR count). The first kappa shape index (κ1) is 21.7. The number of hydrogen-bond acceptors (Lipinski definition) is 4. The molecule has 32 heavy (non-hydrogen) atoms. The smallest absolute Gasteiger partial charge is 0.261 e.